The fourth-order valence-corrected chi connectivity index (χ4v) is 3.13. The average Bonchev–Trinajstić information content (AvgIpc) is 2.62. The van der Waals surface area contributed by atoms with Crippen LogP contribution >= 0.6 is 0 Å². The van der Waals surface area contributed by atoms with Gasteiger partial charge in [0.1, 0.15) is 11.6 Å². The summed E-state index contributed by atoms with van der Waals surface area (Å²) in [7, 11) is 0. The number of piperidine rings is 1. The average molecular weight is 331 g/mol. The fraction of sp³-hybridized carbons (Fsp3) is 0.316. The molecule has 1 fully saturated rings. The Hall–Kier alpha value is -2.27. The summed E-state index contributed by atoms with van der Waals surface area (Å²) in [6.07, 6.45) is 0.686. The molecule has 0 bridgehead atoms. The van der Waals surface area contributed by atoms with E-state index in [1.54, 1.807) is 17.0 Å². The number of benzene rings is 2. The van der Waals surface area contributed by atoms with Crippen molar-refractivity contribution in [1.82, 2.24) is 4.90 Å². The van der Waals surface area contributed by atoms with Gasteiger partial charge in [0.25, 0.3) is 5.91 Å². The van der Waals surface area contributed by atoms with Crippen LogP contribution < -0.4 is 0 Å². The Morgan fingerprint density at radius 2 is 1.46 bits per heavy atom. The lowest BCUT2D eigenvalue weighted by molar-refractivity contribution is 0.0462. The minimum Gasteiger partial charge on any atom is -0.388 e. The standard InChI is InChI=1S/C19H19F2NO2/c20-16-5-1-13(2-6-16)18(23)14-9-11-22(12-10-14)19(24)15-3-7-17(21)8-4-15/h1-8,14,18,23H,9-12H2. The molecule has 1 amide bonds. The van der Waals surface area contributed by atoms with Crippen molar-refractivity contribution in [3.8, 4) is 0 Å². The lowest BCUT2D eigenvalue weighted by atomic mass is 9.87. The molecule has 0 saturated carbocycles. The molecule has 1 N–H and O–H groups in total. The van der Waals surface area contributed by atoms with E-state index in [1.807, 2.05) is 0 Å². The maximum atomic E-state index is 13.0. The number of aliphatic hydroxyl groups excluding tert-OH is 1. The highest BCUT2D eigenvalue weighted by Crippen LogP contribution is 2.31. The smallest absolute Gasteiger partial charge is 0.253 e. The summed E-state index contributed by atoms with van der Waals surface area (Å²) in [5.74, 6) is -0.782. The number of carbonyl (C=O) groups excluding carboxylic acids is 1. The van der Waals surface area contributed by atoms with E-state index in [-0.39, 0.29) is 23.5 Å². The van der Waals surface area contributed by atoms with Gasteiger partial charge < -0.3 is 10.0 Å². The van der Waals surface area contributed by atoms with E-state index >= 15 is 0 Å². The molecule has 1 aliphatic heterocycles. The van der Waals surface area contributed by atoms with Crippen LogP contribution in [0.1, 0.15) is 34.9 Å². The second-order valence-corrected chi connectivity index (χ2v) is 6.13. The first-order valence-corrected chi connectivity index (χ1v) is 8.03. The van der Waals surface area contributed by atoms with Crippen LogP contribution in [0.2, 0.25) is 0 Å². The first-order chi connectivity index (χ1) is 11.5. The minimum atomic E-state index is -0.659. The van der Waals surface area contributed by atoms with E-state index in [4.69, 9.17) is 0 Å². The van der Waals surface area contributed by atoms with E-state index in [1.165, 1.54) is 36.4 Å². The summed E-state index contributed by atoms with van der Waals surface area (Å²) in [6.45, 7) is 1.08. The zero-order valence-electron chi connectivity index (χ0n) is 13.2. The molecule has 0 aliphatic carbocycles. The topological polar surface area (TPSA) is 40.5 Å². The van der Waals surface area contributed by atoms with Crippen molar-refractivity contribution in [2.75, 3.05) is 13.1 Å². The van der Waals surface area contributed by atoms with Crippen LogP contribution in [-0.4, -0.2) is 29.0 Å². The highest BCUT2D eigenvalue weighted by molar-refractivity contribution is 5.94. The van der Waals surface area contributed by atoms with Crippen molar-refractivity contribution < 1.29 is 18.7 Å². The van der Waals surface area contributed by atoms with Gasteiger partial charge in [-0.3, -0.25) is 4.79 Å². The molecule has 0 aromatic heterocycles. The SMILES string of the molecule is O=C(c1ccc(F)cc1)N1CCC(C(O)c2ccc(F)cc2)CC1. The largest absolute Gasteiger partial charge is 0.388 e. The second kappa shape index (κ2) is 7.09. The Morgan fingerprint density at radius 1 is 0.958 bits per heavy atom. The number of nitrogens with zero attached hydrogens (tertiary/aromatic N) is 1. The molecule has 1 saturated heterocycles. The van der Waals surface area contributed by atoms with E-state index in [0.717, 1.165) is 0 Å². The summed E-state index contributed by atoms with van der Waals surface area (Å²) in [5, 5.41) is 10.4. The lowest BCUT2D eigenvalue weighted by Gasteiger charge is -2.34. The fourth-order valence-electron chi connectivity index (χ4n) is 3.13. The van der Waals surface area contributed by atoms with Gasteiger partial charge in [0.05, 0.1) is 6.10 Å². The molecule has 1 aliphatic rings. The third-order valence-corrected chi connectivity index (χ3v) is 4.58. The predicted octanol–water partition coefficient (Wildman–Crippen LogP) is 3.55. The number of rotatable bonds is 3. The Kier molecular flexibility index (Phi) is 4.90. The van der Waals surface area contributed by atoms with Gasteiger partial charge in [0.15, 0.2) is 0 Å². The number of hydrogen-bond acceptors (Lipinski definition) is 2. The number of amides is 1. The Balaban J connectivity index is 1.60. The molecule has 1 unspecified atom stereocenters. The van der Waals surface area contributed by atoms with Gasteiger partial charge in [-0.2, -0.15) is 0 Å². The number of halogens is 2. The number of hydrogen-bond donors (Lipinski definition) is 1. The van der Waals surface area contributed by atoms with Crippen LogP contribution in [0.15, 0.2) is 48.5 Å². The van der Waals surface area contributed by atoms with Crippen molar-refractivity contribution in [2.45, 2.75) is 18.9 Å². The predicted molar refractivity (Wildman–Crippen MR) is 86.4 cm³/mol. The molecule has 3 nitrogen and oxygen atoms in total. The molecule has 5 heteroatoms. The molecule has 1 heterocycles. The summed E-state index contributed by atoms with van der Waals surface area (Å²) in [4.78, 5) is 14.1. The van der Waals surface area contributed by atoms with Crippen LogP contribution in [0.4, 0.5) is 8.78 Å². The zero-order chi connectivity index (χ0) is 17.1. The van der Waals surface area contributed by atoms with Gasteiger partial charge in [-0.15, -0.1) is 0 Å². The second-order valence-electron chi connectivity index (χ2n) is 6.13. The van der Waals surface area contributed by atoms with Crippen molar-refractivity contribution in [2.24, 2.45) is 5.92 Å². The number of aliphatic hydroxyl groups is 1. The summed E-state index contributed by atoms with van der Waals surface area (Å²) >= 11 is 0. The van der Waals surface area contributed by atoms with Crippen LogP contribution in [0.3, 0.4) is 0 Å². The first kappa shape index (κ1) is 16.6. The minimum absolute atomic E-state index is 0.0349. The quantitative estimate of drug-likeness (QED) is 0.934. The molecule has 126 valence electrons. The highest BCUT2D eigenvalue weighted by Gasteiger charge is 2.28. The van der Waals surface area contributed by atoms with Crippen molar-refractivity contribution >= 4 is 5.91 Å². The van der Waals surface area contributed by atoms with Crippen molar-refractivity contribution in [1.29, 1.82) is 0 Å². The molecular weight excluding hydrogens is 312 g/mol. The summed E-state index contributed by atoms with van der Waals surface area (Å²) in [6, 6.07) is 11.4. The van der Waals surface area contributed by atoms with E-state index < -0.39 is 6.10 Å². The van der Waals surface area contributed by atoms with Crippen LogP contribution in [0.5, 0.6) is 0 Å². The first-order valence-electron chi connectivity index (χ1n) is 8.03. The Morgan fingerprint density at radius 3 is 2.00 bits per heavy atom. The molecule has 0 radical (unpaired) electrons. The normalized spacial score (nSPS) is 16.9. The van der Waals surface area contributed by atoms with Gasteiger partial charge in [0.2, 0.25) is 0 Å². The van der Waals surface area contributed by atoms with E-state index in [9.17, 15) is 18.7 Å². The molecule has 0 spiro atoms. The van der Waals surface area contributed by atoms with Gasteiger partial charge >= 0.3 is 0 Å². The zero-order valence-corrected chi connectivity index (χ0v) is 13.2. The number of carbonyl (C=O) groups is 1. The summed E-state index contributed by atoms with van der Waals surface area (Å²) in [5.41, 5.74) is 1.16. The third kappa shape index (κ3) is 3.62. The van der Waals surface area contributed by atoms with Crippen LogP contribution in [0, 0.1) is 17.6 Å². The summed E-state index contributed by atoms with van der Waals surface area (Å²) < 4.78 is 25.9. The molecule has 24 heavy (non-hydrogen) atoms. The van der Waals surface area contributed by atoms with Crippen molar-refractivity contribution in [3.05, 3.63) is 71.3 Å². The Labute approximate surface area is 139 Å². The number of likely N-dealkylation sites (tertiary alicyclic amines) is 1. The van der Waals surface area contributed by atoms with E-state index in [2.05, 4.69) is 0 Å². The van der Waals surface area contributed by atoms with Crippen molar-refractivity contribution in [3.63, 3.8) is 0 Å². The van der Waals surface area contributed by atoms with Gasteiger partial charge in [0, 0.05) is 18.7 Å². The molecule has 3 rings (SSSR count). The maximum Gasteiger partial charge on any atom is 0.253 e. The molecule has 2 aromatic rings. The van der Waals surface area contributed by atoms with Gasteiger partial charge in [-0.25, -0.2) is 8.78 Å². The van der Waals surface area contributed by atoms with Crippen LogP contribution in [0.25, 0.3) is 0 Å². The van der Waals surface area contributed by atoms with Gasteiger partial charge in [-0.05, 0) is 60.7 Å². The molecular formula is C19H19F2NO2. The lowest BCUT2D eigenvalue weighted by Crippen LogP contribution is -2.39. The Bertz CT molecular complexity index is 692. The maximum absolute atomic E-state index is 13.0. The van der Waals surface area contributed by atoms with E-state index in [0.29, 0.717) is 37.1 Å². The monoisotopic (exact) mass is 331 g/mol. The third-order valence-electron chi connectivity index (χ3n) is 4.58. The highest BCUT2D eigenvalue weighted by atomic mass is 19.1. The van der Waals surface area contributed by atoms with Gasteiger partial charge in [-0.1, -0.05) is 12.1 Å². The van der Waals surface area contributed by atoms with Crippen LogP contribution in [-0.2, 0) is 0 Å². The molecule has 2 aromatic carbocycles. The molecule has 1 atom stereocenters.